The average molecular weight is 379 g/mol. The lowest BCUT2D eigenvalue weighted by Crippen LogP contribution is -2.33. The Kier molecular flexibility index (Phi) is 5.64. The lowest BCUT2D eigenvalue weighted by atomic mass is 10.2. The van der Waals surface area contributed by atoms with Crippen LogP contribution < -0.4 is 5.32 Å². The van der Waals surface area contributed by atoms with Crippen LogP contribution in [0.2, 0.25) is 0 Å². The van der Waals surface area contributed by atoms with Crippen LogP contribution >= 0.6 is 22.6 Å². The summed E-state index contributed by atoms with van der Waals surface area (Å²) in [6.45, 7) is 11.0. The topological polar surface area (TPSA) is 56.2 Å². The summed E-state index contributed by atoms with van der Waals surface area (Å²) in [6.07, 6.45) is 0.465. The van der Waals surface area contributed by atoms with Gasteiger partial charge in [0.15, 0.2) is 0 Å². The fraction of sp³-hybridized carbons (Fsp3) is 0.692. The van der Waals surface area contributed by atoms with Crippen LogP contribution in [0.15, 0.2) is 0 Å². The van der Waals surface area contributed by atoms with Crippen molar-refractivity contribution in [2.75, 3.05) is 6.54 Å². The summed E-state index contributed by atoms with van der Waals surface area (Å²) in [5.74, 6) is 0. The zero-order valence-corrected chi connectivity index (χ0v) is 14.4. The first-order valence-corrected chi connectivity index (χ1v) is 7.45. The summed E-state index contributed by atoms with van der Waals surface area (Å²) in [6, 6.07) is 0. The highest BCUT2D eigenvalue weighted by atomic mass is 127. The van der Waals surface area contributed by atoms with E-state index in [1.165, 1.54) is 9.26 Å². The molecule has 0 aliphatic rings. The van der Waals surface area contributed by atoms with Gasteiger partial charge < -0.3 is 10.1 Å². The molecule has 0 bridgehead atoms. The van der Waals surface area contributed by atoms with Gasteiger partial charge in [-0.2, -0.15) is 5.10 Å². The van der Waals surface area contributed by atoms with E-state index in [0.717, 1.165) is 18.7 Å². The second-order valence-electron chi connectivity index (χ2n) is 5.49. The molecule has 0 aliphatic carbocycles. The molecule has 1 N–H and O–H groups in total. The monoisotopic (exact) mass is 379 g/mol. The Labute approximate surface area is 128 Å². The molecule has 1 heterocycles. The molecule has 0 radical (unpaired) electrons. The lowest BCUT2D eigenvalue weighted by Gasteiger charge is -2.19. The molecule has 1 amide bonds. The lowest BCUT2D eigenvalue weighted by molar-refractivity contribution is 0.0526. The van der Waals surface area contributed by atoms with Crippen molar-refractivity contribution >= 4 is 28.7 Å². The fourth-order valence-corrected chi connectivity index (χ4v) is 2.01. The van der Waals surface area contributed by atoms with Crippen LogP contribution in [-0.2, 0) is 11.3 Å². The number of rotatable bonds is 4. The molecule has 0 aliphatic heterocycles. The van der Waals surface area contributed by atoms with Gasteiger partial charge in [0, 0.05) is 18.8 Å². The summed E-state index contributed by atoms with van der Waals surface area (Å²) >= 11 is 2.30. The number of aromatic nitrogens is 2. The first-order valence-electron chi connectivity index (χ1n) is 6.37. The average Bonchev–Trinajstić information content (AvgIpc) is 2.50. The van der Waals surface area contributed by atoms with E-state index in [2.05, 4.69) is 39.9 Å². The number of hydrogen-bond acceptors (Lipinski definition) is 3. The number of amides is 1. The van der Waals surface area contributed by atoms with E-state index in [0.29, 0.717) is 6.54 Å². The van der Waals surface area contributed by atoms with Crippen LogP contribution in [-0.4, -0.2) is 28.0 Å². The Hall–Kier alpha value is -0.790. The van der Waals surface area contributed by atoms with Gasteiger partial charge in [-0.1, -0.05) is 0 Å². The van der Waals surface area contributed by atoms with E-state index < -0.39 is 5.60 Å². The number of alkyl carbamates (subject to hydrolysis) is 1. The molecule has 0 atom stereocenters. The number of hydrogen-bond donors (Lipinski definition) is 1. The Balaban J connectivity index is 2.31. The molecule has 1 aromatic rings. The number of halogens is 1. The third-order valence-electron chi connectivity index (χ3n) is 2.51. The first-order chi connectivity index (χ1) is 8.70. The van der Waals surface area contributed by atoms with Crippen LogP contribution in [0.3, 0.4) is 0 Å². The number of ether oxygens (including phenoxy) is 1. The third kappa shape index (κ3) is 5.38. The molecule has 0 saturated carbocycles. The van der Waals surface area contributed by atoms with Gasteiger partial charge in [0.1, 0.15) is 5.60 Å². The quantitative estimate of drug-likeness (QED) is 0.647. The molecule has 108 valence electrons. The Morgan fingerprint density at radius 2 is 2.05 bits per heavy atom. The van der Waals surface area contributed by atoms with E-state index >= 15 is 0 Å². The molecule has 5 nitrogen and oxygen atoms in total. The van der Waals surface area contributed by atoms with E-state index in [1.54, 1.807) is 0 Å². The van der Waals surface area contributed by atoms with Crippen LogP contribution in [0.4, 0.5) is 4.79 Å². The highest BCUT2D eigenvalue weighted by Gasteiger charge is 2.15. The maximum Gasteiger partial charge on any atom is 0.407 e. The van der Waals surface area contributed by atoms with E-state index in [-0.39, 0.29) is 6.09 Å². The minimum Gasteiger partial charge on any atom is -0.444 e. The molecule has 19 heavy (non-hydrogen) atoms. The van der Waals surface area contributed by atoms with Gasteiger partial charge in [0.25, 0.3) is 0 Å². The van der Waals surface area contributed by atoms with Gasteiger partial charge in [-0.25, -0.2) is 4.79 Å². The molecular formula is C13H22IN3O2. The molecule has 0 saturated heterocycles. The summed E-state index contributed by atoms with van der Waals surface area (Å²) in [5, 5.41) is 7.20. The maximum atomic E-state index is 11.4. The predicted octanol–water partition coefficient (Wildman–Crippen LogP) is 3.02. The normalized spacial score (nSPS) is 11.5. The van der Waals surface area contributed by atoms with Crippen molar-refractivity contribution in [2.45, 2.75) is 53.2 Å². The number of carbonyl (C=O) groups is 1. The first kappa shape index (κ1) is 16.3. The van der Waals surface area contributed by atoms with Gasteiger partial charge in [0.05, 0.1) is 9.26 Å². The molecule has 1 rings (SSSR count). The largest absolute Gasteiger partial charge is 0.444 e. The number of carbonyl (C=O) groups excluding carboxylic acids is 1. The van der Waals surface area contributed by atoms with Crippen molar-refractivity contribution in [3.63, 3.8) is 0 Å². The third-order valence-corrected chi connectivity index (χ3v) is 4.07. The number of nitrogens with one attached hydrogen (secondary N) is 1. The van der Waals surface area contributed by atoms with Gasteiger partial charge in [-0.05, 0) is 63.6 Å². The number of aryl methyl sites for hydroxylation is 2. The molecule has 0 aromatic carbocycles. The van der Waals surface area contributed by atoms with Gasteiger partial charge in [-0.15, -0.1) is 0 Å². The minimum absolute atomic E-state index is 0.365. The van der Waals surface area contributed by atoms with Crippen LogP contribution in [0, 0.1) is 17.4 Å². The summed E-state index contributed by atoms with van der Waals surface area (Å²) in [7, 11) is 0. The molecular weight excluding hydrogens is 357 g/mol. The maximum absolute atomic E-state index is 11.4. The summed E-state index contributed by atoms with van der Waals surface area (Å²) in [4.78, 5) is 11.4. The zero-order chi connectivity index (χ0) is 14.6. The van der Waals surface area contributed by atoms with Crippen molar-refractivity contribution in [1.82, 2.24) is 15.1 Å². The standard InChI is InChI=1S/C13H22IN3O2/c1-9-11(14)10(2)17(16-9)8-6-7-15-12(18)19-13(3,4)5/h6-8H2,1-5H3,(H,15,18). The molecule has 0 unspecified atom stereocenters. The van der Waals surface area contributed by atoms with Crippen LogP contribution in [0.25, 0.3) is 0 Å². The summed E-state index contributed by atoms with van der Waals surface area (Å²) in [5.41, 5.74) is 1.78. The second-order valence-corrected chi connectivity index (χ2v) is 6.57. The van der Waals surface area contributed by atoms with Crippen molar-refractivity contribution in [2.24, 2.45) is 0 Å². The van der Waals surface area contributed by atoms with Crippen molar-refractivity contribution in [3.05, 3.63) is 15.0 Å². The minimum atomic E-state index is -0.449. The smallest absolute Gasteiger partial charge is 0.407 e. The SMILES string of the molecule is Cc1nn(CCCNC(=O)OC(C)(C)C)c(C)c1I. The Morgan fingerprint density at radius 1 is 1.42 bits per heavy atom. The van der Waals surface area contributed by atoms with Crippen molar-refractivity contribution < 1.29 is 9.53 Å². The van der Waals surface area contributed by atoms with Gasteiger partial charge in [0.2, 0.25) is 0 Å². The van der Waals surface area contributed by atoms with E-state index in [1.807, 2.05) is 32.4 Å². The molecule has 1 aromatic heterocycles. The zero-order valence-electron chi connectivity index (χ0n) is 12.2. The Morgan fingerprint density at radius 3 is 2.53 bits per heavy atom. The van der Waals surface area contributed by atoms with Crippen LogP contribution in [0.1, 0.15) is 38.6 Å². The van der Waals surface area contributed by atoms with Gasteiger partial charge >= 0.3 is 6.09 Å². The van der Waals surface area contributed by atoms with E-state index in [4.69, 9.17) is 4.74 Å². The fourth-order valence-electron chi connectivity index (χ4n) is 1.63. The van der Waals surface area contributed by atoms with Crippen LogP contribution in [0.5, 0.6) is 0 Å². The van der Waals surface area contributed by atoms with Gasteiger partial charge in [-0.3, -0.25) is 4.68 Å². The predicted molar refractivity (Wildman–Crippen MR) is 83.3 cm³/mol. The second kappa shape index (κ2) is 6.58. The molecule has 6 heteroatoms. The highest BCUT2D eigenvalue weighted by molar-refractivity contribution is 14.1. The van der Waals surface area contributed by atoms with Crippen molar-refractivity contribution in [1.29, 1.82) is 0 Å². The summed E-state index contributed by atoms with van der Waals surface area (Å²) < 4.78 is 8.35. The number of nitrogens with zero attached hydrogens (tertiary/aromatic N) is 2. The van der Waals surface area contributed by atoms with Crippen molar-refractivity contribution in [3.8, 4) is 0 Å². The molecule has 0 fully saturated rings. The Bertz CT molecular complexity index is 449. The highest BCUT2D eigenvalue weighted by Crippen LogP contribution is 2.15. The van der Waals surface area contributed by atoms with E-state index in [9.17, 15) is 4.79 Å². The molecule has 0 spiro atoms.